The first-order chi connectivity index (χ1) is 15.2. The molecule has 0 aliphatic carbocycles. The minimum Gasteiger partial charge on any atom is -0.341 e. The van der Waals surface area contributed by atoms with Crippen molar-refractivity contribution in [3.63, 3.8) is 0 Å². The Labute approximate surface area is 195 Å². The number of amides is 4. The van der Waals surface area contributed by atoms with Crippen LogP contribution in [0.3, 0.4) is 0 Å². The highest BCUT2D eigenvalue weighted by molar-refractivity contribution is 6.33. The summed E-state index contributed by atoms with van der Waals surface area (Å²) in [5, 5.41) is 6.35. The zero-order chi connectivity index (χ0) is 23.3. The first-order valence-corrected chi connectivity index (χ1v) is 11.9. The smallest absolute Gasteiger partial charge is 0.317 e. The van der Waals surface area contributed by atoms with Crippen LogP contribution in [0, 0.1) is 5.92 Å². The third-order valence-corrected chi connectivity index (χ3v) is 6.45. The Bertz CT molecular complexity index is 825. The Morgan fingerprint density at radius 3 is 2.19 bits per heavy atom. The second-order valence-corrected chi connectivity index (χ2v) is 10.2. The average Bonchev–Trinajstić information content (AvgIpc) is 2.77. The van der Waals surface area contributed by atoms with Crippen LogP contribution < -0.4 is 10.6 Å². The summed E-state index contributed by atoms with van der Waals surface area (Å²) < 4.78 is 0. The number of carbonyl (C=O) groups is 3. The van der Waals surface area contributed by atoms with E-state index in [4.69, 9.17) is 11.6 Å². The number of piperidine rings is 2. The molecular formula is C24H35ClN4O3. The van der Waals surface area contributed by atoms with E-state index >= 15 is 0 Å². The van der Waals surface area contributed by atoms with Crippen LogP contribution in [0.4, 0.5) is 4.79 Å². The molecule has 8 heteroatoms. The van der Waals surface area contributed by atoms with E-state index < -0.39 is 6.04 Å². The van der Waals surface area contributed by atoms with Crippen LogP contribution in [-0.2, 0) is 4.79 Å². The van der Waals surface area contributed by atoms with Gasteiger partial charge in [0.1, 0.15) is 6.04 Å². The molecule has 2 heterocycles. The lowest BCUT2D eigenvalue weighted by Gasteiger charge is -2.39. The Morgan fingerprint density at radius 2 is 1.59 bits per heavy atom. The molecule has 1 unspecified atom stereocenters. The molecule has 176 valence electrons. The molecule has 0 radical (unpaired) electrons. The molecule has 2 fully saturated rings. The molecule has 0 aromatic heterocycles. The van der Waals surface area contributed by atoms with E-state index in [-0.39, 0.29) is 29.3 Å². The van der Waals surface area contributed by atoms with Crippen molar-refractivity contribution in [1.82, 2.24) is 20.4 Å². The number of rotatable bonds is 4. The van der Waals surface area contributed by atoms with E-state index in [1.165, 1.54) is 0 Å². The van der Waals surface area contributed by atoms with Crippen LogP contribution in [0.5, 0.6) is 0 Å². The lowest BCUT2D eigenvalue weighted by Crippen LogP contribution is -2.57. The maximum atomic E-state index is 13.4. The first-order valence-electron chi connectivity index (χ1n) is 11.6. The molecule has 2 aliphatic heterocycles. The van der Waals surface area contributed by atoms with Crippen molar-refractivity contribution in [2.75, 3.05) is 26.2 Å². The third kappa shape index (κ3) is 6.37. The number of nitrogens with zero attached hydrogens (tertiary/aromatic N) is 2. The fourth-order valence-corrected chi connectivity index (χ4v) is 4.61. The van der Waals surface area contributed by atoms with E-state index in [0.29, 0.717) is 36.5 Å². The monoisotopic (exact) mass is 462 g/mol. The molecule has 7 nitrogen and oxygen atoms in total. The minimum absolute atomic E-state index is 0.0253. The molecule has 0 bridgehead atoms. The minimum atomic E-state index is -0.621. The Hall–Kier alpha value is -2.28. The highest BCUT2D eigenvalue weighted by Crippen LogP contribution is 2.25. The van der Waals surface area contributed by atoms with Gasteiger partial charge in [-0.3, -0.25) is 9.59 Å². The van der Waals surface area contributed by atoms with Crippen molar-refractivity contribution in [2.45, 2.75) is 64.5 Å². The first kappa shape index (κ1) is 24.4. The number of hydrogen-bond donors (Lipinski definition) is 2. The summed E-state index contributed by atoms with van der Waals surface area (Å²) in [5.41, 5.74) is 0.0662. The van der Waals surface area contributed by atoms with E-state index in [9.17, 15) is 14.4 Å². The Morgan fingerprint density at radius 1 is 0.969 bits per heavy atom. The van der Waals surface area contributed by atoms with Gasteiger partial charge >= 0.3 is 6.03 Å². The molecule has 2 saturated heterocycles. The number of likely N-dealkylation sites (tertiary alicyclic amines) is 2. The molecule has 2 aliphatic rings. The van der Waals surface area contributed by atoms with E-state index in [1.807, 2.05) is 25.7 Å². The molecular weight excluding hydrogens is 428 g/mol. The number of urea groups is 1. The SMILES string of the molecule is CC(C)(C)NC(=O)N1CCC(C(NC(=O)c2ccccc2Cl)C(=O)N2CCCCC2)CC1. The predicted octanol–water partition coefficient (Wildman–Crippen LogP) is 3.67. The van der Waals surface area contributed by atoms with E-state index in [1.54, 1.807) is 29.2 Å². The van der Waals surface area contributed by atoms with Crippen molar-refractivity contribution >= 4 is 29.4 Å². The van der Waals surface area contributed by atoms with Crippen molar-refractivity contribution < 1.29 is 14.4 Å². The number of nitrogens with one attached hydrogen (secondary N) is 2. The second-order valence-electron chi connectivity index (χ2n) is 9.82. The number of benzene rings is 1. The maximum absolute atomic E-state index is 13.4. The van der Waals surface area contributed by atoms with Gasteiger partial charge in [0.15, 0.2) is 0 Å². The Balaban J connectivity index is 1.71. The highest BCUT2D eigenvalue weighted by Gasteiger charge is 2.37. The summed E-state index contributed by atoms with van der Waals surface area (Å²) in [5.74, 6) is -0.392. The van der Waals surface area contributed by atoms with Crippen LogP contribution in [-0.4, -0.2) is 65.4 Å². The number of halogens is 1. The van der Waals surface area contributed by atoms with E-state index in [2.05, 4.69) is 10.6 Å². The quantitative estimate of drug-likeness (QED) is 0.716. The largest absolute Gasteiger partial charge is 0.341 e. The zero-order valence-corrected chi connectivity index (χ0v) is 20.1. The van der Waals surface area contributed by atoms with Gasteiger partial charge in [0.05, 0.1) is 10.6 Å². The molecule has 1 aromatic rings. The summed E-state index contributed by atoms with van der Waals surface area (Å²) in [6, 6.07) is 6.16. The van der Waals surface area contributed by atoms with Gasteiger partial charge in [-0.1, -0.05) is 23.7 Å². The van der Waals surface area contributed by atoms with Gasteiger partial charge in [-0.2, -0.15) is 0 Å². The van der Waals surface area contributed by atoms with Gasteiger partial charge < -0.3 is 20.4 Å². The zero-order valence-electron chi connectivity index (χ0n) is 19.3. The highest BCUT2D eigenvalue weighted by atomic mass is 35.5. The van der Waals surface area contributed by atoms with Crippen molar-refractivity contribution in [1.29, 1.82) is 0 Å². The topological polar surface area (TPSA) is 81.8 Å². The van der Waals surface area contributed by atoms with Crippen molar-refractivity contribution in [2.24, 2.45) is 5.92 Å². The van der Waals surface area contributed by atoms with Crippen LogP contribution in [0.15, 0.2) is 24.3 Å². The van der Waals surface area contributed by atoms with Crippen LogP contribution in [0.2, 0.25) is 5.02 Å². The van der Waals surface area contributed by atoms with Crippen molar-refractivity contribution in [3.8, 4) is 0 Å². The number of hydrogen-bond acceptors (Lipinski definition) is 3. The van der Waals surface area contributed by atoms with Crippen LogP contribution in [0.25, 0.3) is 0 Å². The normalized spacial score (nSPS) is 18.8. The molecule has 32 heavy (non-hydrogen) atoms. The van der Waals surface area contributed by atoms with Gasteiger partial charge in [0.2, 0.25) is 5.91 Å². The van der Waals surface area contributed by atoms with Crippen LogP contribution in [0.1, 0.15) is 63.2 Å². The fraction of sp³-hybridized carbons (Fsp3) is 0.625. The predicted molar refractivity (Wildman–Crippen MR) is 126 cm³/mol. The van der Waals surface area contributed by atoms with Gasteiger partial charge in [-0.25, -0.2) is 4.79 Å². The van der Waals surface area contributed by atoms with Crippen molar-refractivity contribution in [3.05, 3.63) is 34.9 Å². The number of carbonyl (C=O) groups excluding carboxylic acids is 3. The van der Waals surface area contributed by atoms with Gasteiger partial charge in [-0.15, -0.1) is 0 Å². The standard InChI is InChI=1S/C24H35ClN4O3/c1-24(2,3)27-23(32)29-15-11-17(12-16-29)20(22(31)28-13-7-4-8-14-28)26-21(30)18-9-5-6-10-19(18)25/h5-6,9-10,17,20H,4,7-8,11-16H2,1-3H3,(H,26,30)(H,27,32). The third-order valence-electron chi connectivity index (χ3n) is 6.12. The molecule has 1 aromatic carbocycles. The maximum Gasteiger partial charge on any atom is 0.317 e. The summed E-state index contributed by atoms with van der Waals surface area (Å²) >= 11 is 6.22. The fourth-order valence-electron chi connectivity index (χ4n) is 4.39. The molecule has 4 amide bonds. The Kier molecular flexibility index (Phi) is 8.04. The molecule has 2 N–H and O–H groups in total. The second kappa shape index (κ2) is 10.6. The van der Waals surface area contributed by atoms with E-state index in [0.717, 1.165) is 32.4 Å². The van der Waals surface area contributed by atoms with Gasteiger partial charge in [-0.05, 0) is 70.9 Å². The summed E-state index contributed by atoms with van der Waals surface area (Å²) in [6.45, 7) is 8.42. The van der Waals surface area contributed by atoms with Gasteiger partial charge in [0, 0.05) is 31.7 Å². The summed E-state index contributed by atoms with van der Waals surface area (Å²) in [4.78, 5) is 42.6. The average molecular weight is 463 g/mol. The molecule has 3 rings (SSSR count). The molecule has 1 atom stereocenters. The lowest BCUT2D eigenvalue weighted by atomic mass is 9.88. The van der Waals surface area contributed by atoms with Gasteiger partial charge in [0.25, 0.3) is 5.91 Å². The summed E-state index contributed by atoms with van der Waals surface area (Å²) in [6.07, 6.45) is 4.42. The summed E-state index contributed by atoms with van der Waals surface area (Å²) in [7, 11) is 0. The van der Waals surface area contributed by atoms with Crippen LogP contribution >= 0.6 is 11.6 Å². The lowest BCUT2D eigenvalue weighted by molar-refractivity contribution is -0.136. The molecule has 0 spiro atoms. The molecule has 0 saturated carbocycles.